The van der Waals surface area contributed by atoms with E-state index in [2.05, 4.69) is 30.9 Å². The maximum absolute atomic E-state index is 11.3. The van der Waals surface area contributed by atoms with Crippen molar-refractivity contribution in [1.29, 1.82) is 0 Å². The molecule has 1 aliphatic carbocycles. The molecule has 11 nitrogen and oxygen atoms in total. The Morgan fingerprint density at radius 1 is 1.23 bits per heavy atom. The largest absolute Gasteiger partial charge is 0.481 e. The van der Waals surface area contributed by atoms with Gasteiger partial charge in [0.15, 0.2) is 12.4 Å². The van der Waals surface area contributed by atoms with Gasteiger partial charge in [-0.05, 0) is 43.9 Å². The van der Waals surface area contributed by atoms with Crippen LogP contribution in [-0.4, -0.2) is 58.2 Å². The summed E-state index contributed by atoms with van der Waals surface area (Å²) in [6, 6.07) is 7.47. The molecule has 4 heterocycles. The quantitative estimate of drug-likeness (QED) is 0.389. The molecule has 0 unspecified atom stereocenters. The summed E-state index contributed by atoms with van der Waals surface area (Å²) in [4.78, 5) is 34.3. The number of amides is 2. The Hall–Kier alpha value is -3.83. The third-order valence-corrected chi connectivity index (χ3v) is 5.81. The van der Waals surface area contributed by atoms with E-state index in [4.69, 9.17) is 9.47 Å². The highest BCUT2D eigenvalue weighted by molar-refractivity contribution is 5.95. The molecular weight excluding hydrogens is 452 g/mol. The third-order valence-electron chi connectivity index (χ3n) is 5.81. The number of aliphatic hydroxyl groups is 1. The van der Waals surface area contributed by atoms with E-state index in [9.17, 15) is 14.7 Å². The zero-order valence-electron chi connectivity index (χ0n) is 19.4. The fraction of sp³-hybridized carbons (Fsp3) is 0.375. The first-order chi connectivity index (χ1) is 17.1. The van der Waals surface area contributed by atoms with Crippen molar-refractivity contribution in [3.63, 3.8) is 0 Å². The number of nitrogens with zero attached hydrogens (tertiary/aromatic N) is 3. The van der Waals surface area contributed by atoms with Crippen LogP contribution in [0.5, 0.6) is 11.6 Å². The number of hydrogen-bond acceptors (Lipinski definition) is 9. The molecule has 0 bridgehead atoms. The van der Waals surface area contributed by atoms with Gasteiger partial charge in [-0.3, -0.25) is 19.6 Å². The first-order valence-corrected chi connectivity index (χ1v) is 11.4. The van der Waals surface area contributed by atoms with Crippen LogP contribution in [0.15, 0.2) is 36.7 Å². The Morgan fingerprint density at radius 2 is 2.06 bits per heavy atom. The number of nitrogens with one attached hydrogen (secondary N) is 3. The molecule has 11 heteroatoms. The van der Waals surface area contributed by atoms with Gasteiger partial charge in [0.05, 0.1) is 42.0 Å². The molecule has 2 aliphatic rings. The van der Waals surface area contributed by atoms with Crippen molar-refractivity contribution in [2.45, 2.75) is 44.4 Å². The highest BCUT2D eigenvalue weighted by Gasteiger charge is 2.20. The minimum Gasteiger partial charge on any atom is -0.481 e. The number of fused-ring (bicyclic) bond motifs is 2. The molecule has 4 N–H and O–H groups in total. The van der Waals surface area contributed by atoms with E-state index in [1.54, 1.807) is 30.6 Å². The van der Waals surface area contributed by atoms with Gasteiger partial charge in [0.25, 0.3) is 5.91 Å². The molecule has 0 spiro atoms. The highest BCUT2D eigenvalue weighted by atomic mass is 16.5. The van der Waals surface area contributed by atoms with Crippen molar-refractivity contribution >= 4 is 34.7 Å². The molecular formula is C24H28N6O5. The van der Waals surface area contributed by atoms with Crippen molar-refractivity contribution < 1.29 is 24.2 Å². The number of aromatic nitrogens is 3. The Kier molecular flexibility index (Phi) is 8.01. The summed E-state index contributed by atoms with van der Waals surface area (Å²) in [6.07, 6.45) is 7.44. The van der Waals surface area contributed by atoms with Crippen LogP contribution in [0.25, 0.3) is 11.0 Å². The summed E-state index contributed by atoms with van der Waals surface area (Å²) in [5.74, 6) is 0.975. The zero-order valence-corrected chi connectivity index (χ0v) is 19.4. The van der Waals surface area contributed by atoms with E-state index in [0.717, 1.165) is 31.4 Å². The highest BCUT2D eigenvalue weighted by Crippen LogP contribution is 2.27. The lowest BCUT2D eigenvalue weighted by Gasteiger charge is -2.26. The van der Waals surface area contributed by atoms with E-state index in [0.29, 0.717) is 53.0 Å². The second-order valence-corrected chi connectivity index (χ2v) is 8.24. The Bertz CT molecular complexity index is 1180. The molecule has 3 aromatic heterocycles. The Morgan fingerprint density at radius 3 is 2.83 bits per heavy atom. The number of aliphatic hydroxyl groups excluding tert-OH is 1. The minimum atomic E-state index is -0.137. The molecule has 1 fully saturated rings. The molecule has 0 radical (unpaired) electrons. The van der Waals surface area contributed by atoms with Crippen LogP contribution >= 0.6 is 0 Å². The summed E-state index contributed by atoms with van der Waals surface area (Å²) in [6.45, 7) is 0.709. The third kappa shape index (κ3) is 6.40. The molecule has 0 saturated heterocycles. The van der Waals surface area contributed by atoms with E-state index in [-0.39, 0.29) is 18.6 Å². The summed E-state index contributed by atoms with van der Waals surface area (Å²) >= 11 is 0. The number of carbonyl (C=O) groups excluding carboxylic acids is 2. The van der Waals surface area contributed by atoms with Crippen LogP contribution in [0.4, 0.5) is 11.4 Å². The fourth-order valence-electron chi connectivity index (χ4n) is 3.95. The van der Waals surface area contributed by atoms with Gasteiger partial charge in [-0.1, -0.05) is 0 Å². The van der Waals surface area contributed by atoms with Crippen molar-refractivity contribution in [3.05, 3.63) is 42.4 Å². The Labute approximate surface area is 202 Å². The molecule has 184 valence electrons. The van der Waals surface area contributed by atoms with Gasteiger partial charge < -0.3 is 30.5 Å². The molecule has 2 amide bonds. The second kappa shape index (κ2) is 11.5. The maximum Gasteiger partial charge on any atom is 0.262 e. The first-order valence-electron chi connectivity index (χ1n) is 11.4. The average Bonchev–Trinajstić information content (AvgIpc) is 2.88. The molecule has 35 heavy (non-hydrogen) atoms. The Balaban J connectivity index is 0.000000172. The fourth-order valence-corrected chi connectivity index (χ4v) is 3.95. The van der Waals surface area contributed by atoms with Crippen LogP contribution in [0.1, 0.15) is 31.4 Å². The maximum atomic E-state index is 11.3. The predicted octanol–water partition coefficient (Wildman–Crippen LogP) is 2.01. The molecule has 3 aromatic rings. The van der Waals surface area contributed by atoms with Gasteiger partial charge in [0.1, 0.15) is 5.52 Å². The summed E-state index contributed by atoms with van der Waals surface area (Å²) in [5, 5.41) is 18.3. The topological polar surface area (TPSA) is 148 Å². The van der Waals surface area contributed by atoms with Crippen LogP contribution in [0.2, 0.25) is 0 Å². The van der Waals surface area contributed by atoms with Crippen LogP contribution in [0, 0.1) is 0 Å². The van der Waals surface area contributed by atoms with Crippen LogP contribution in [-0.2, 0) is 16.1 Å². The van der Waals surface area contributed by atoms with Gasteiger partial charge in [-0.15, -0.1) is 0 Å². The zero-order chi connectivity index (χ0) is 24.6. The van der Waals surface area contributed by atoms with Gasteiger partial charge in [-0.25, -0.2) is 4.98 Å². The lowest BCUT2D eigenvalue weighted by Crippen LogP contribution is -2.34. The SMILES string of the molecule is COc1ccc2nccc(NC=O)c2n1.O=C1COc2cnc(CNC3CCC(O)CC3)cc2N1. The van der Waals surface area contributed by atoms with Crippen LogP contribution < -0.4 is 25.4 Å². The summed E-state index contributed by atoms with van der Waals surface area (Å²) < 4.78 is 10.3. The van der Waals surface area contributed by atoms with Gasteiger partial charge in [0.2, 0.25) is 12.3 Å². The smallest absolute Gasteiger partial charge is 0.262 e. The lowest BCUT2D eigenvalue weighted by molar-refractivity contribution is -0.118. The van der Waals surface area contributed by atoms with Crippen molar-refractivity contribution in [1.82, 2.24) is 20.3 Å². The van der Waals surface area contributed by atoms with Crippen molar-refractivity contribution in [2.24, 2.45) is 0 Å². The number of pyridine rings is 3. The average molecular weight is 481 g/mol. The number of hydrogen-bond donors (Lipinski definition) is 4. The van der Waals surface area contributed by atoms with E-state index >= 15 is 0 Å². The normalized spacial score (nSPS) is 18.9. The van der Waals surface area contributed by atoms with Crippen LogP contribution in [0.3, 0.4) is 0 Å². The monoisotopic (exact) mass is 480 g/mol. The standard InChI is InChI=1S/C14H19N3O3.C10H9N3O2/c18-11-3-1-9(2-4-11)15-6-10-5-12-13(7-16-10)20-8-14(19)17-12;1-15-9-3-2-7-10(13-9)8(12-6-14)4-5-11-7/h5,7,9,11,15,18H,1-4,6,8H2,(H,17,19);2-6H,1H3,(H,11,12,14). The van der Waals surface area contributed by atoms with E-state index < -0.39 is 0 Å². The number of carbonyl (C=O) groups is 2. The minimum absolute atomic E-state index is 0.0523. The van der Waals surface area contributed by atoms with Gasteiger partial charge >= 0.3 is 0 Å². The van der Waals surface area contributed by atoms with Gasteiger partial charge in [0, 0.05) is 24.8 Å². The molecule has 0 atom stereocenters. The predicted molar refractivity (Wildman–Crippen MR) is 129 cm³/mol. The number of anilines is 2. The van der Waals surface area contributed by atoms with E-state index in [1.165, 1.54) is 7.11 Å². The molecule has 0 aromatic carbocycles. The summed E-state index contributed by atoms with van der Waals surface area (Å²) in [5.41, 5.74) is 3.51. The van der Waals surface area contributed by atoms with Crippen molar-refractivity contribution in [3.8, 4) is 11.6 Å². The summed E-state index contributed by atoms with van der Waals surface area (Å²) in [7, 11) is 1.54. The molecule has 1 aliphatic heterocycles. The molecule has 1 saturated carbocycles. The van der Waals surface area contributed by atoms with Crippen molar-refractivity contribution in [2.75, 3.05) is 24.4 Å². The first kappa shape index (κ1) is 24.3. The molecule has 5 rings (SSSR count). The number of ether oxygens (including phenoxy) is 2. The van der Waals surface area contributed by atoms with E-state index in [1.807, 2.05) is 6.07 Å². The lowest BCUT2D eigenvalue weighted by atomic mass is 9.93. The number of methoxy groups -OCH3 is 1. The van der Waals surface area contributed by atoms with Gasteiger partial charge in [-0.2, -0.15) is 0 Å². The second-order valence-electron chi connectivity index (χ2n) is 8.24. The number of rotatable bonds is 6.